The van der Waals surface area contributed by atoms with Crippen molar-refractivity contribution in [3.8, 4) is 5.75 Å². The zero-order valence-electron chi connectivity index (χ0n) is 13.7. The predicted molar refractivity (Wildman–Crippen MR) is 88.3 cm³/mol. The zero-order valence-corrected chi connectivity index (χ0v) is 14.5. The molecule has 1 fully saturated rings. The monoisotopic (exact) mass is 341 g/mol. The van der Waals surface area contributed by atoms with E-state index in [9.17, 15) is 13.2 Å². The summed E-state index contributed by atoms with van der Waals surface area (Å²) in [6, 6.07) is 4.79. The molecule has 1 saturated heterocycles. The summed E-state index contributed by atoms with van der Waals surface area (Å²) in [5.41, 5.74) is 0.585. The van der Waals surface area contributed by atoms with Crippen LogP contribution in [0, 0.1) is 0 Å². The summed E-state index contributed by atoms with van der Waals surface area (Å²) in [6.45, 7) is 1.50. The zero-order chi connectivity index (χ0) is 17.0. The lowest BCUT2D eigenvalue weighted by Gasteiger charge is -2.18. The summed E-state index contributed by atoms with van der Waals surface area (Å²) in [6.07, 6.45) is 1.28. The Bertz CT molecular complexity index is 673. The summed E-state index contributed by atoms with van der Waals surface area (Å²) in [4.78, 5) is 15.4. The van der Waals surface area contributed by atoms with Crippen LogP contribution in [0.2, 0.25) is 0 Å². The number of nitrogens with one attached hydrogen (secondary N) is 1. The maximum absolute atomic E-state index is 12.5. The Hall–Kier alpha value is -1.64. The van der Waals surface area contributed by atoms with Crippen molar-refractivity contribution in [2.75, 3.05) is 45.7 Å². The van der Waals surface area contributed by atoms with Crippen LogP contribution in [0.1, 0.15) is 12.8 Å². The van der Waals surface area contributed by atoms with E-state index in [1.54, 1.807) is 17.0 Å². The number of rotatable bonds is 7. The van der Waals surface area contributed by atoms with E-state index in [0.717, 1.165) is 6.42 Å². The Morgan fingerprint density at radius 2 is 2.09 bits per heavy atom. The van der Waals surface area contributed by atoms with Crippen LogP contribution in [0.3, 0.4) is 0 Å². The fourth-order valence-corrected chi connectivity index (χ4v) is 3.65. The third kappa shape index (κ3) is 4.21. The van der Waals surface area contributed by atoms with Crippen molar-refractivity contribution >= 4 is 21.6 Å². The highest BCUT2D eigenvalue weighted by Gasteiger charge is 2.25. The molecule has 7 nitrogen and oxygen atoms in total. The number of carbonyl (C=O) groups excluding carboxylic acids is 1. The van der Waals surface area contributed by atoms with Crippen LogP contribution in [0.5, 0.6) is 5.75 Å². The summed E-state index contributed by atoms with van der Waals surface area (Å²) in [5, 5.41) is 0. The normalized spacial score (nSPS) is 15.5. The SMILES string of the molecule is COc1ccc(N2CCCC2=O)cc1S(=O)(=O)NCCN(C)C. The molecule has 1 aliphatic heterocycles. The van der Waals surface area contributed by atoms with Crippen LogP contribution >= 0.6 is 0 Å². The van der Waals surface area contributed by atoms with E-state index in [1.165, 1.54) is 13.2 Å². The first-order chi connectivity index (χ1) is 10.8. The average Bonchev–Trinajstić information content (AvgIpc) is 2.92. The van der Waals surface area contributed by atoms with E-state index in [-0.39, 0.29) is 16.6 Å². The minimum absolute atomic E-state index is 0.0130. The van der Waals surface area contributed by atoms with Crippen LogP contribution in [0.25, 0.3) is 0 Å². The topological polar surface area (TPSA) is 78.9 Å². The molecule has 23 heavy (non-hydrogen) atoms. The molecule has 1 aromatic rings. The molecule has 2 rings (SSSR count). The number of benzene rings is 1. The molecule has 0 aromatic heterocycles. The molecule has 1 aromatic carbocycles. The fourth-order valence-electron chi connectivity index (χ4n) is 2.45. The molecule has 0 bridgehead atoms. The number of nitrogens with zero attached hydrogens (tertiary/aromatic N) is 2. The van der Waals surface area contributed by atoms with Crippen molar-refractivity contribution in [1.82, 2.24) is 9.62 Å². The number of carbonyl (C=O) groups is 1. The Kier molecular flexibility index (Phi) is 5.61. The van der Waals surface area contributed by atoms with Crippen molar-refractivity contribution in [2.45, 2.75) is 17.7 Å². The molecule has 1 amide bonds. The Morgan fingerprint density at radius 1 is 1.35 bits per heavy atom. The summed E-state index contributed by atoms with van der Waals surface area (Å²) >= 11 is 0. The Balaban J connectivity index is 2.29. The van der Waals surface area contributed by atoms with Gasteiger partial charge in [0, 0.05) is 31.7 Å². The second-order valence-corrected chi connectivity index (χ2v) is 7.42. The van der Waals surface area contributed by atoms with Gasteiger partial charge >= 0.3 is 0 Å². The molecule has 8 heteroatoms. The second-order valence-electron chi connectivity index (χ2n) is 5.69. The number of sulfonamides is 1. The lowest BCUT2D eigenvalue weighted by atomic mass is 10.3. The largest absolute Gasteiger partial charge is 0.495 e. The van der Waals surface area contributed by atoms with Gasteiger partial charge in [-0.05, 0) is 38.7 Å². The van der Waals surface area contributed by atoms with Crippen molar-refractivity contribution in [1.29, 1.82) is 0 Å². The van der Waals surface area contributed by atoms with Gasteiger partial charge in [0.1, 0.15) is 10.6 Å². The minimum atomic E-state index is -3.71. The highest BCUT2D eigenvalue weighted by Crippen LogP contribution is 2.30. The second kappa shape index (κ2) is 7.29. The maximum atomic E-state index is 12.5. The number of likely N-dealkylation sites (N-methyl/N-ethyl adjacent to an activating group) is 1. The molecule has 0 aliphatic carbocycles. The number of hydrogen-bond acceptors (Lipinski definition) is 5. The Morgan fingerprint density at radius 3 is 2.65 bits per heavy atom. The molecule has 0 unspecified atom stereocenters. The van der Waals surface area contributed by atoms with E-state index in [2.05, 4.69) is 4.72 Å². The van der Waals surface area contributed by atoms with Crippen molar-refractivity contribution in [3.05, 3.63) is 18.2 Å². The van der Waals surface area contributed by atoms with Gasteiger partial charge in [-0.25, -0.2) is 13.1 Å². The number of amides is 1. The van der Waals surface area contributed by atoms with Gasteiger partial charge in [-0.15, -0.1) is 0 Å². The standard InChI is InChI=1S/C15H23N3O4S/c1-17(2)10-8-16-23(20,21)14-11-12(6-7-13(14)22-3)18-9-4-5-15(18)19/h6-7,11,16H,4-5,8-10H2,1-3H3. The van der Waals surface area contributed by atoms with Gasteiger partial charge in [-0.3, -0.25) is 4.79 Å². The molecular formula is C15H23N3O4S. The van der Waals surface area contributed by atoms with E-state index in [1.807, 2.05) is 19.0 Å². The van der Waals surface area contributed by atoms with E-state index >= 15 is 0 Å². The van der Waals surface area contributed by atoms with Gasteiger partial charge < -0.3 is 14.5 Å². The number of anilines is 1. The number of hydrogen-bond donors (Lipinski definition) is 1. The maximum Gasteiger partial charge on any atom is 0.244 e. The quantitative estimate of drug-likeness (QED) is 0.788. The van der Waals surface area contributed by atoms with Crippen molar-refractivity contribution < 1.29 is 17.9 Å². The third-order valence-electron chi connectivity index (χ3n) is 3.67. The van der Waals surface area contributed by atoms with Crippen LogP contribution in [0.15, 0.2) is 23.1 Å². The minimum Gasteiger partial charge on any atom is -0.495 e. The molecule has 0 spiro atoms. The summed E-state index contributed by atoms with van der Waals surface area (Å²) < 4.78 is 32.8. The van der Waals surface area contributed by atoms with Gasteiger partial charge in [-0.1, -0.05) is 0 Å². The van der Waals surface area contributed by atoms with Crippen molar-refractivity contribution in [2.24, 2.45) is 0 Å². The van der Waals surface area contributed by atoms with E-state index in [4.69, 9.17) is 4.74 Å². The summed E-state index contributed by atoms with van der Waals surface area (Å²) in [7, 11) is 1.46. The highest BCUT2D eigenvalue weighted by molar-refractivity contribution is 7.89. The molecule has 1 heterocycles. The van der Waals surface area contributed by atoms with Crippen LogP contribution < -0.4 is 14.4 Å². The smallest absolute Gasteiger partial charge is 0.244 e. The number of methoxy groups -OCH3 is 1. The van der Waals surface area contributed by atoms with Gasteiger partial charge in [0.25, 0.3) is 0 Å². The third-order valence-corrected chi connectivity index (χ3v) is 5.16. The molecule has 128 valence electrons. The van der Waals surface area contributed by atoms with Crippen molar-refractivity contribution in [3.63, 3.8) is 0 Å². The summed E-state index contributed by atoms with van der Waals surface area (Å²) in [5.74, 6) is 0.275. The molecule has 0 saturated carbocycles. The Labute approximate surface area is 137 Å². The number of ether oxygens (including phenoxy) is 1. The first kappa shape index (κ1) is 17.7. The molecule has 0 atom stereocenters. The average molecular weight is 341 g/mol. The molecule has 0 radical (unpaired) electrons. The molecule has 1 aliphatic rings. The van der Waals surface area contributed by atoms with Crippen LogP contribution in [-0.4, -0.2) is 60.1 Å². The predicted octanol–water partition coefficient (Wildman–Crippen LogP) is 0.662. The van der Waals surface area contributed by atoms with Crippen LogP contribution in [0.4, 0.5) is 5.69 Å². The highest BCUT2D eigenvalue weighted by atomic mass is 32.2. The molecular weight excluding hydrogens is 318 g/mol. The molecule has 1 N–H and O–H groups in total. The first-order valence-corrected chi connectivity index (χ1v) is 8.96. The fraction of sp³-hybridized carbons (Fsp3) is 0.533. The van der Waals surface area contributed by atoms with E-state index < -0.39 is 10.0 Å². The first-order valence-electron chi connectivity index (χ1n) is 7.48. The van der Waals surface area contributed by atoms with E-state index in [0.29, 0.717) is 31.7 Å². The van der Waals surface area contributed by atoms with Gasteiger partial charge in [0.05, 0.1) is 7.11 Å². The van der Waals surface area contributed by atoms with Crippen LogP contribution in [-0.2, 0) is 14.8 Å². The lowest BCUT2D eigenvalue weighted by molar-refractivity contribution is -0.117. The lowest BCUT2D eigenvalue weighted by Crippen LogP contribution is -2.32. The van der Waals surface area contributed by atoms with Gasteiger partial charge in [-0.2, -0.15) is 0 Å². The van der Waals surface area contributed by atoms with Gasteiger partial charge in [0.2, 0.25) is 15.9 Å². The van der Waals surface area contributed by atoms with Gasteiger partial charge in [0.15, 0.2) is 0 Å².